The highest BCUT2D eigenvalue weighted by atomic mass is 32.2. The molecule has 3 N–H and O–H groups in total. The van der Waals surface area contributed by atoms with Gasteiger partial charge in [0.25, 0.3) is 0 Å². The van der Waals surface area contributed by atoms with E-state index in [1.807, 2.05) is 6.26 Å². The van der Waals surface area contributed by atoms with Crippen LogP contribution >= 0.6 is 11.8 Å². The summed E-state index contributed by atoms with van der Waals surface area (Å²) in [5.41, 5.74) is 7.37. The first kappa shape index (κ1) is 13.5. The van der Waals surface area contributed by atoms with Gasteiger partial charge in [0.1, 0.15) is 5.82 Å². The van der Waals surface area contributed by atoms with Crippen molar-refractivity contribution in [1.82, 2.24) is 9.97 Å². The van der Waals surface area contributed by atoms with Crippen LogP contribution in [-0.4, -0.2) is 27.3 Å². The van der Waals surface area contributed by atoms with E-state index >= 15 is 0 Å². The molecule has 1 rings (SSSR count). The first-order valence-electron chi connectivity index (χ1n) is 5.11. The Bertz CT molecular complexity index is 449. The Morgan fingerprint density at radius 1 is 1.53 bits per heavy atom. The molecule has 0 aromatic carbocycles. The summed E-state index contributed by atoms with van der Waals surface area (Å²) in [6.45, 7) is 3.57. The van der Waals surface area contributed by atoms with Crippen LogP contribution in [0.5, 0.6) is 0 Å². The summed E-state index contributed by atoms with van der Waals surface area (Å²) in [6, 6.07) is 0. The Kier molecular flexibility index (Phi) is 4.51. The molecule has 1 aromatic rings. The Labute approximate surface area is 104 Å². The monoisotopic (exact) mass is 253 g/mol. The van der Waals surface area contributed by atoms with E-state index in [1.165, 1.54) is 17.8 Å². The molecule has 0 aliphatic carbocycles. The predicted molar refractivity (Wildman–Crippen MR) is 68.9 cm³/mol. The predicted octanol–water partition coefficient (Wildman–Crippen LogP) is 1.97. The summed E-state index contributed by atoms with van der Waals surface area (Å²) in [5.74, 6) is -0.630. The molecule has 5 nitrogen and oxygen atoms in total. The van der Waals surface area contributed by atoms with Crippen LogP contribution in [0.4, 0.5) is 5.82 Å². The summed E-state index contributed by atoms with van der Waals surface area (Å²) in [5, 5.41) is 9.55. The molecule has 6 heteroatoms. The van der Waals surface area contributed by atoms with Gasteiger partial charge in [0.2, 0.25) is 0 Å². The highest BCUT2D eigenvalue weighted by Crippen LogP contribution is 2.21. The second-order valence-electron chi connectivity index (χ2n) is 3.42. The lowest BCUT2D eigenvalue weighted by Gasteiger charge is -2.07. The molecule has 0 bridgehead atoms. The van der Waals surface area contributed by atoms with Crippen LogP contribution in [0.2, 0.25) is 0 Å². The van der Waals surface area contributed by atoms with Crippen LogP contribution in [0.1, 0.15) is 24.6 Å². The van der Waals surface area contributed by atoms with Crippen molar-refractivity contribution in [3.8, 4) is 0 Å². The van der Waals surface area contributed by atoms with Gasteiger partial charge >= 0.3 is 5.97 Å². The molecule has 1 aromatic heterocycles. The number of aliphatic carboxylic acids is 1. The van der Waals surface area contributed by atoms with E-state index in [4.69, 9.17) is 10.8 Å². The number of hydrogen-bond donors (Lipinski definition) is 2. The molecule has 0 spiro atoms. The number of nitrogens with two attached hydrogens (primary N) is 1. The molecule has 0 saturated heterocycles. The van der Waals surface area contributed by atoms with Gasteiger partial charge in [-0.15, -0.1) is 0 Å². The number of thioether (sulfide) groups is 1. The first-order chi connectivity index (χ1) is 7.99. The quantitative estimate of drug-likeness (QED) is 0.484. The van der Waals surface area contributed by atoms with Crippen LogP contribution < -0.4 is 5.73 Å². The molecule has 1 heterocycles. The number of nitrogen functional groups attached to an aromatic ring is 1. The van der Waals surface area contributed by atoms with Gasteiger partial charge in [-0.3, -0.25) is 0 Å². The fourth-order valence-electron chi connectivity index (χ4n) is 1.34. The van der Waals surface area contributed by atoms with Gasteiger partial charge < -0.3 is 10.8 Å². The molecule has 92 valence electrons. The fourth-order valence-corrected chi connectivity index (χ4v) is 1.75. The minimum absolute atomic E-state index is 0.292. The highest BCUT2D eigenvalue weighted by Gasteiger charge is 2.10. The number of rotatable bonds is 4. The third-order valence-electron chi connectivity index (χ3n) is 2.30. The van der Waals surface area contributed by atoms with Crippen molar-refractivity contribution in [2.75, 3.05) is 12.0 Å². The van der Waals surface area contributed by atoms with Crippen LogP contribution in [0.15, 0.2) is 10.7 Å². The molecule has 0 radical (unpaired) electrons. The third kappa shape index (κ3) is 3.20. The molecular formula is C11H15N3O2S. The van der Waals surface area contributed by atoms with Crippen LogP contribution in [-0.2, 0) is 4.79 Å². The van der Waals surface area contributed by atoms with Gasteiger partial charge in [-0.25, -0.2) is 14.8 Å². The summed E-state index contributed by atoms with van der Waals surface area (Å²) < 4.78 is 0. The second kappa shape index (κ2) is 5.67. The minimum atomic E-state index is -0.944. The van der Waals surface area contributed by atoms with Crippen LogP contribution in [0.25, 0.3) is 6.08 Å². The van der Waals surface area contributed by atoms with Gasteiger partial charge in [0.05, 0.1) is 5.69 Å². The summed E-state index contributed by atoms with van der Waals surface area (Å²) in [6.07, 6.45) is 3.83. The topological polar surface area (TPSA) is 89.1 Å². The Hall–Kier alpha value is -1.56. The van der Waals surface area contributed by atoms with E-state index in [2.05, 4.69) is 9.97 Å². The smallest absolute Gasteiger partial charge is 0.331 e. The molecule has 0 fully saturated rings. The number of carboxylic acid groups (broad SMARTS) is 1. The largest absolute Gasteiger partial charge is 0.478 e. The molecule has 0 amide bonds. The van der Waals surface area contributed by atoms with Gasteiger partial charge in [-0.2, -0.15) is 0 Å². The van der Waals surface area contributed by atoms with Gasteiger partial charge in [-0.1, -0.05) is 18.7 Å². The van der Waals surface area contributed by atoms with Gasteiger partial charge in [-0.05, 0) is 25.7 Å². The molecule has 0 unspecified atom stereocenters. The second-order valence-corrected chi connectivity index (χ2v) is 4.20. The normalized spacial score (nSPS) is 11.6. The maximum absolute atomic E-state index is 10.9. The first-order valence-corrected chi connectivity index (χ1v) is 6.34. The highest BCUT2D eigenvalue weighted by molar-refractivity contribution is 7.98. The van der Waals surface area contributed by atoms with Crippen molar-refractivity contribution in [1.29, 1.82) is 0 Å². The molecule has 0 aliphatic rings. The van der Waals surface area contributed by atoms with E-state index in [1.54, 1.807) is 13.8 Å². The summed E-state index contributed by atoms with van der Waals surface area (Å²) in [4.78, 5) is 19.3. The number of carbonyl (C=O) groups is 1. The van der Waals surface area contributed by atoms with E-state index in [9.17, 15) is 4.79 Å². The van der Waals surface area contributed by atoms with Crippen molar-refractivity contribution in [3.63, 3.8) is 0 Å². The number of aromatic nitrogens is 2. The maximum atomic E-state index is 10.9. The molecule has 0 saturated carbocycles. The maximum Gasteiger partial charge on any atom is 0.331 e. The zero-order chi connectivity index (χ0) is 13.0. The average molecular weight is 253 g/mol. The number of nitrogens with zero attached hydrogens (tertiary/aromatic N) is 2. The van der Waals surface area contributed by atoms with E-state index < -0.39 is 5.97 Å². The van der Waals surface area contributed by atoms with Crippen LogP contribution in [0, 0.1) is 6.92 Å². The number of aryl methyl sites for hydroxylation is 1. The Morgan fingerprint density at radius 3 is 2.59 bits per heavy atom. The number of hydrogen-bond acceptors (Lipinski definition) is 5. The van der Waals surface area contributed by atoms with Crippen molar-refractivity contribution >= 4 is 29.6 Å². The number of carboxylic acids is 1. The molecule has 17 heavy (non-hydrogen) atoms. The van der Waals surface area contributed by atoms with Gasteiger partial charge in [0.15, 0.2) is 5.16 Å². The number of anilines is 1. The lowest BCUT2D eigenvalue weighted by Crippen LogP contribution is -2.04. The molecular weight excluding hydrogens is 238 g/mol. The van der Waals surface area contributed by atoms with Crippen molar-refractivity contribution in [3.05, 3.63) is 16.8 Å². The zero-order valence-corrected chi connectivity index (χ0v) is 10.8. The van der Waals surface area contributed by atoms with Crippen molar-refractivity contribution < 1.29 is 9.90 Å². The zero-order valence-electron chi connectivity index (χ0n) is 10.0. The van der Waals surface area contributed by atoms with Gasteiger partial charge in [0, 0.05) is 11.1 Å². The summed E-state index contributed by atoms with van der Waals surface area (Å²) >= 11 is 1.40. The standard InChI is InChI=1S/C11H15N3O2S/c1-4-7(10(15)16)5-8-6(2)13-11(17-3)14-9(8)12/h5H,4H2,1-3H3,(H,15,16)(H2,12,13,14)/b7-5+. The average Bonchev–Trinajstić information content (AvgIpc) is 2.27. The lowest BCUT2D eigenvalue weighted by molar-refractivity contribution is -0.132. The molecule has 0 aliphatic heterocycles. The summed E-state index contributed by atoms with van der Waals surface area (Å²) in [7, 11) is 0. The SMILES string of the molecule is CC/C(=C\c1c(C)nc(SC)nc1N)C(=O)O. The Balaban J connectivity index is 3.28. The minimum Gasteiger partial charge on any atom is -0.478 e. The van der Waals surface area contributed by atoms with E-state index in [-0.39, 0.29) is 0 Å². The fraction of sp³-hybridized carbons (Fsp3) is 0.364. The lowest BCUT2D eigenvalue weighted by atomic mass is 10.1. The van der Waals surface area contributed by atoms with Crippen molar-refractivity contribution in [2.45, 2.75) is 25.4 Å². The third-order valence-corrected chi connectivity index (χ3v) is 2.85. The van der Waals surface area contributed by atoms with Crippen LogP contribution in [0.3, 0.4) is 0 Å². The van der Waals surface area contributed by atoms with E-state index in [0.717, 1.165) is 0 Å². The Morgan fingerprint density at radius 2 is 2.18 bits per heavy atom. The van der Waals surface area contributed by atoms with Crippen molar-refractivity contribution in [2.24, 2.45) is 0 Å². The van der Waals surface area contributed by atoms with E-state index in [0.29, 0.717) is 34.2 Å². The molecule has 0 atom stereocenters.